The molecule has 1 aromatic carbocycles. The van der Waals surface area contributed by atoms with Gasteiger partial charge in [0.05, 0.1) is 30.5 Å². The van der Waals surface area contributed by atoms with E-state index in [4.69, 9.17) is 4.74 Å². The van der Waals surface area contributed by atoms with Crippen LogP contribution in [0.3, 0.4) is 0 Å². The largest absolute Gasteiger partial charge is 0.379 e. The molecule has 1 aliphatic heterocycles. The molecule has 1 amide bonds. The zero-order chi connectivity index (χ0) is 18.8. The van der Waals surface area contributed by atoms with E-state index < -0.39 is 0 Å². The Morgan fingerprint density at radius 3 is 2.96 bits per heavy atom. The van der Waals surface area contributed by atoms with Gasteiger partial charge in [-0.2, -0.15) is 5.10 Å². The van der Waals surface area contributed by atoms with Gasteiger partial charge in [-0.1, -0.05) is 25.1 Å². The Bertz CT molecular complexity index is 960. The quantitative estimate of drug-likeness (QED) is 0.755. The first-order chi connectivity index (χ1) is 13.2. The summed E-state index contributed by atoms with van der Waals surface area (Å²) in [5, 5.41) is 8.68. The van der Waals surface area contributed by atoms with Crippen molar-refractivity contribution in [1.82, 2.24) is 20.1 Å². The normalized spacial score (nSPS) is 19.5. The van der Waals surface area contributed by atoms with E-state index in [0.29, 0.717) is 18.9 Å². The predicted molar refractivity (Wildman–Crippen MR) is 104 cm³/mol. The summed E-state index contributed by atoms with van der Waals surface area (Å²) in [6.07, 6.45) is 3.51. The summed E-state index contributed by atoms with van der Waals surface area (Å²) in [5.41, 5.74) is 3.75. The highest BCUT2D eigenvalue weighted by Gasteiger charge is 2.31. The molecule has 27 heavy (non-hydrogen) atoms. The maximum atomic E-state index is 12.7. The number of rotatable bonds is 5. The number of hydrogen-bond donors (Lipinski definition) is 1. The maximum absolute atomic E-state index is 12.7. The summed E-state index contributed by atoms with van der Waals surface area (Å²) in [4.78, 5) is 17.2. The smallest absolute Gasteiger partial charge is 0.269 e. The highest BCUT2D eigenvalue weighted by molar-refractivity contribution is 5.93. The summed E-state index contributed by atoms with van der Waals surface area (Å²) in [7, 11) is 1.81. The average Bonchev–Trinajstić information content (AvgIpc) is 3.28. The third kappa shape index (κ3) is 3.57. The van der Waals surface area contributed by atoms with Crippen LogP contribution in [-0.4, -0.2) is 39.9 Å². The predicted octanol–water partition coefficient (Wildman–Crippen LogP) is 2.52. The number of carbonyl (C=O) groups is 1. The number of pyridine rings is 1. The van der Waals surface area contributed by atoms with Crippen molar-refractivity contribution in [2.75, 3.05) is 13.2 Å². The number of benzene rings is 1. The zero-order valence-corrected chi connectivity index (χ0v) is 15.7. The molecule has 3 heterocycles. The highest BCUT2D eigenvalue weighted by atomic mass is 16.5. The number of ether oxygens (including phenoxy) is 1. The topological polar surface area (TPSA) is 69.0 Å². The molecular weight excluding hydrogens is 340 g/mol. The molecule has 2 atom stereocenters. The zero-order valence-electron chi connectivity index (χ0n) is 15.7. The minimum atomic E-state index is -0.0928. The van der Waals surface area contributed by atoms with Gasteiger partial charge in [0.1, 0.15) is 5.69 Å². The van der Waals surface area contributed by atoms with Crippen molar-refractivity contribution in [3.8, 4) is 0 Å². The second-order valence-electron chi connectivity index (χ2n) is 7.07. The van der Waals surface area contributed by atoms with E-state index in [1.54, 1.807) is 11.7 Å². The molecule has 0 radical (unpaired) electrons. The van der Waals surface area contributed by atoms with Crippen LogP contribution < -0.4 is 5.32 Å². The molecular formula is C21H24N4O2. The van der Waals surface area contributed by atoms with E-state index in [-0.39, 0.29) is 17.9 Å². The molecule has 0 saturated carbocycles. The third-order valence-corrected chi connectivity index (χ3v) is 5.26. The fourth-order valence-electron chi connectivity index (χ4n) is 3.73. The van der Waals surface area contributed by atoms with Crippen molar-refractivity contribution < 1.29 is 9.53 Å². The van der Waals surface area contributed by atoms with Crippen LogP contribution in [-0.2, 0) is 24.6 Å². The lowest BCUT2D eigenvalue weighted by atomic mass is 9.93. The lowest BCUT2D eigenvalue weighted by Crippen LogP contribution is -2.41. The number of hydrogen-bond acceptors (Lipinski definition) is 4. The fraction of sp³-hybridized carbons (Fsp3) is 0.381. The molecule has 3 aromatic rings. The van der Waals surface area contributed by atoms with E-state index in [2.05, 4.69) is 27.5 Å². The number of amides is 1. The monoisotopic (exact) mass is 364 g/mol. The highest BCUT2D eigenvalue weighted by Crippen LogP contribution is 2.24. The molecule has 1 aliphatic rings. The van der Waals surface area contributed by atoms with Crippen molar-refractivity contribution in [2.45, 2.75) is 25.8 Å². The molecule has 1 fully saturated rings. The van der Waals surface area contributed by atoms with Gasteiger partial charge >= 0.3 is 0 Å². The fourth-order valence-corrected chi connectivity index (χ4v) is 3.73. The van der Waals surface area contributed by atoms with Crippen molar-refractivity contribution >= 4 is 16.8 Å². The molecule has 0 bridgehead atoms. The van der Waals surface area contributed by atoms with E-state index >= 15 is 0 Å². The number of nitrogens with one attached hydrogen (secondary N) is 1. The van der Waals surface area contributed by atoms with Gasteiger partial charge in [-0.05, 0) is 36.6 Å². The minimum absolute atomic E-state index is 0.00981. The number of para-hydroxylation sites is 1. The van der Waals surface area contributed by atoms with Gasteiger partial charge in [0.15, 0.2) is 0 Å². The van der Waals surface area contributed by atoms with Crippen LogP contribution in [0.2, 0.25) is 0 Å². The number of aromatic nitrogens is 3. The van der Waals surface area contributed by atoms with E-state index in [1.165, 1.54) is 5.56 Å². The SMILES string of the molecule is CCc1cc(C(=O)N[C@@H]2COC[C@H]2Cc2ccnc3ccccc23)n(C)n1. The number of aryl methyl sites for hydroxylation is 2. The second-order valence-corrected chi connectivity index (χ2v) is 7.07. The summed E-state index contributed by atoms with van der Waals surface area (Å²) in [6.45, 7) is 3.22. The van der Waals surface area contributed by atoms with Crippen LogP contribution in [0, 0.1) is 5.92 Å². The van der Waals surface area contributed by atoms with Crippen LogP contribution in [0.25, 0.3) is 10.9 Å². The van der Waals surface area contributed by atoms with Crippen molar-refractivity contribution in [1.29, 1.82) is 0 Å². The molecule has 2 aromatic heterocycles. The Morgan fingerprint density at radius 1 is 1.30 bits per heavy atom. The summed E-state index contributed by atoms with van der Waals surface area (Å²) < 4.78 is 7.34. The van der Waals surface area contributed by atoms with Gasteiger partial charge in [-0.15, -0.1) is 0 Å². The second kappa shape index (κ2) is 7.48. The Hall–Kier alpha value is -2.73. The van der Waals surface area contributed by atoms with Gasteiger partial charge in [0, 0.05) is 24.5 Å². The Kier molecular flexibility index (Phi) is 4.90. The summed E-state index contributed by atoms with van der Waals surface area (Å²) >= 11 is 0. The molecule has 0 aliphatic carbocycles. The van der Waals surface area contributed by atoms with E-state index in [0.717, 1.165) is 29.4 Å². The first kappa shape index (κ1) is 17.7. The molecule has 1 N–H and O–H groups in total. The van der Waals surface area contributed by atoms with Gasteiger partial charge in [-0.25, -0.2) is 0 Å². The van der Waals surface area contributed by atoms with Crippen LogP contribution in [0.4, 0.5) is 0 Å². The van der Waals surface area contributed by atoms with E-state index in [1.807, 2.05) is 37.4 Å². The van der Waals surface area contributed by atoms with Crippen molar-refractivity contribution in [3.05, 3.63) is 59.5 Å². The molecule has 1 saturated heterocycles. The standard InChI is InChI=1S/C21H24N4O2/c1-3-16-11-20(25(2)24-16)21(26)23-19-13-27-12-15(19)10-14-8-9-22-18-7-5-4-6-17(14)18/h4-9,11,15,19H,3,10,12-13H2,1-2H3,(H,23,26)/t15-,19-/m1/s1. The summed E-state index contributed by atoms with van der Waals surface area (Å²) in [6, 6.07) is 12.1. The molecule has 4 rings (SSSR count). The van der Waals surface area contributed by atoms with Crippen LogP contribution in [0.1, 0.15) is 28.7 Å². The Balaban J connectivity index is 1.50. The Labute approximate surface area is 158 Å². The maximum Gasteiger partial charge on any atom is 0.269 e. The molecule has 6 nitrogen and oxygen atoms in total. The molecule has 6 heteroatoms. The molecule has 0 spiro atoms. The lowest BCUT2D eigenvalue weighted by Gasteiger charge is -2.20. The summed E-state index contributed by atoms with van der Waals surface area (Å²) in [5.74, 6) is 0.142. The number of carbonyl (C=O) groups excluding carboxylic acids is 1. The van der Waals surface area contributed by atoms with Crippen LogP contribution >= 0.6 is 0 Å². The minimum Gasteiger partial charge on any atom is -0.379 e. The van der Waals surface area contributed by atoms with Gasteiger partial charge in [-0.3, -0.25) is 14.5 Å². The van der Waals surface area contributed by atoms with E-state index in [9.17, 15) is 4.79 Å². The Morgan fingerprint density at radius 2 is 2.15 bits per heavy atom. The van der Waals surface area contributed by atoms with Crippen LogP contribution in [0.5, 0.6) is 0 Å². The number of nitrogens with zero attached hydrogens (tertiary/aromatic N) is 3. The third-order valence-electron chi connectivity index (χ3n) is 5.26. The van der Waals surface area contributed by atoms with Gasteiger partial charge in [0.25, 0.3) is 5.91 Å². The number of fused-ring (bicyclic) bond motifs is 1. The van der Waals surface area contributed by atoms with Gasteiger partial charge < -0.3 is 10.1 Å². The van der Waals surface area contributed by atoms with Crippen molar-refractivity contribution in [2.24, 2.45) is 13.0 Å². The first-order valence-electron chi connectivity index (χ1n) is 9.40. The lowest BCUT2D eigenvalue weighted by molar-refractivity contribution is 0.0915. The molecule has 140 valence electrons. The van der Waals surface area contributed by atoms with Crippen molar-refractivity contribution in [3.63, 3.8) is 0 Å². The average molecular weight is 364 g/mol. The van der Waals surface area contributed by atoms with Crippen LogP contribution in [0.15, 0.2) is 42.6 Å². The molecule has 0 unspecified atom stereocenters. The first-order valence-corrected chi connectivity index (χ1v) is 9.40. The van der Waals surface area contributed by atoms with Gasteiger partial charge in [0.2, 0.25) is 0 Å².